The Morgan fingerprint density at radius 3 is 2.76 bits per heavy atom. The van der Waals surface area contributed by atoms with Gasteiger partial charge in [-0.3, -0.25) is 4.68 Å². The fourth-order valence-corrected chi connectivity index (χ4v) is 2.55. The lowest BCUT2D eigenvalue weighted by atomic mass is 10.2. The predicted octanol–water partition coefficient (Wildman–Crippen LogP) is 1.86. The fraction of sp³-hybridized carbons (Fsp3) is 0.278. The molecule has 7 heteroatoms. The summed E-state index contributed by atoms with van der Waals surface area (Å²) in [6.07, 6.45) is 7.31. The molecule has 0 amide bonds. The van der Waals surface area contributed by atoms with Gasteiger partial charge in [-0.2, -0.15) is 5.10 Å². The zero-order valence-corrected chi connectivity index (χ0v) is 14.6. The van der Waals surface area contributed by atoms with Crippen LogP contribution in [-0.2, 0) is 20.1 Å². The number of aryl methyl sites for hydroxylation is 1. The lowest BCUT2D eigenvalue weighted by molar-refractivity contribution is 0.685. The third-order valence-electron chi connectivity index (χ3n) is 3.89. The maximum atomic E-state index is 4.71. The molecule has 25 heavy (non-hydrogen) atoms. The van der Waals surface area contributed by atoms with E-state index in [-0.39, 0.29) is 0 Å². The second-order valence-electron chi connectivity index (χ2n) is 5.59. The van der Waals surface area contributed by atoms with Crippen LogP contribution in [0.2, 0.25) is 0 Å². The summed E-state index contributed by atoms with van der Waals surface area (Å²) >= 11 is 0. The molecule has 0 bridgehead atoms. The molecule has 3 rings (SSSR count). The maximum Gasteiger partial charge on any atom is 0.191 e. The van der Waals surface area contributed by atoms with Crippen LogP contribution >= 0.6 is 0 Å². The molecule has 0 aliphatic rings. The molecule has 1 aromatic carbocycles. The Labute approximate surface area is 147 Å². The highest BCUT2D eigenvalue weighted by molar-refractivity contribution is 5.79. The first kappa shape index (κ1) is 16.8. The van der Waals surface area contributed by atoms with Gasteiger partial charge in [-0.15, -0.1) is 0 Å². The first-order valence-corrected chi connectivity index (χ1v) is 8.33. The fourth-order valence-electron chi connectivity index (χ4n) is 2.55. The molecule has 0 spiro atoms. The van der Waals surface area contributed by atoms with E-state index >= 15 is 0 Å². The van der Waals surface area contributed by atoms with Crippen molar-refractivity contribution in [1.82, 2.24) is 30.0 Å². The van der Waals surface area contributed by atoms with Crippen molar-refractivity contribution in [3.8, 4) is 5.69 Å². The molecular weight excluding hydrogens is 314 g/mol. The van der Waals surface area contributed by atoms with Crippen LogP contribution in [0, 0.1) is 0 Å². The molecule has 0 aliphatic heterocycles. The van der Waals surface area contributed by atoms with Gasteiger partial charge in [-0.05, 0) is 24.6 Å². The van der Waals surface area contributed by atoms with Crippen molar-refractivity contribution in [1.29, 1.82) is 0 Å². The van der Waals surface area contributed by atoms with Gasteiger partial charge < -0.3 is 15.2 Å². The number of hydrogen-bond donors (Lipinski definition) is 2. The summed E-state index contributed by atoms with van der Waals surface area (Å²) in [6, 6.07) is 10.2. The van der Waals surface area contributed by atoms with Gasteiger partial charge in [0.1, 0.15) is 0 Å². The summed E-state index contributed by atoms with van der Waals surface area (Å²) in [7, 11) is 1.93. The Morgan fingerprint density at radius 1 is 1.16 bits per heavy atom. The molecule has 3 aromatic rings. The van der Waals surface area contributed by atoms with Crippen molar-refractivity contribution in [2.45, 2.75) is 20.0 Å². The second kappa shape index (κ2) is 8.14. The lowest BCUT2D eigenvalue weighted by Gasteiger charge is -2.13. The van der Waals surface area contributed by atoms with E-state index in [4.69, 9.17) is 4.99 Å². The number of rotatable bonds is 6. The molecule has 2 heterocycles. The summed E-state index contributed by atoms with van der Waals surface area (Å²) in [5.41, 5.74) is 3.33. The smallest absolute Gasteiger partial charge is 0.191 e. The van der Waals surface area contributed by atoms with Gasteiger partial charge in [-0.1, -0.05) is 18.2 Å². The van der Waals surface area contributed by atoms with Crippen LogP contribution in [0.4, 0.5) is 0 Å². The summed E-state index contributed by atoms with van der Waals surface area (Å²) < 4.78 is 3.85. The quantitative estimate of drug-likeness (QED) is 0.532. The molecular formula is C18H23N7. The van der Waals surface area contributed by atoms with Crippen LogP contribution in [0.25, 0.3) is 5.69 Å². The van der Waals surface area contributed by atoms with Gasteiger partial charge >= 0.3 is 0 Å². The molecule has 0 saturated heterocycles. The van der Waals surface area contributed by atoms with E-state index in [0.717, 1.165) is 29.4 Å². The second-order valence-corrected chi connectivity index (χ2v) is 5.59. The van der Waals surface area contributed by atoms with Crippen LogP contribution in [0.1, 0.15) is 18.2 Å². The van der Waals surface area contributed by atoms with Crippen molar-refractivity contribution in [2.24, 2.45) is 12.0 Å². The Balaban J connectivity index is 1.73. The lowest BCUT2D eigenvalue weighted by Crippen LogP contribution is -2.37. The number of aromatic nitrogens is 4. The first-order valence-electron chi connectivity index (χ1n) is 8.33. The van der Waals surface area contributed by atoms with Gasteiger partial charge in [0.05, 0.1) is 30.8 Å². The van der Waals surface area contributed by atoms with Gasteiger partial charge in [0.15, 0.2) is 5.96 Å². The zero-order chi connectivity index (χ0) is 17.5. The van der Waals surface area contributed by atoms with Gasteiger partial charge in [-0.25, -0.2) is 9.98 Å². The Morgan fingerprint density at radius 2 is 2.04 bits per heavy atom. The zero-order valence-electron chi connectivity index (χ0n) is 14.6. The van der Waals surface area contributed by atoms with Crippen molar-refractivity contribution in [3.05, 3.63) is 66.5 Å². The molecule has 0 atom stereocenters. The van der Waals surface area contributed by atoms with Crippen molar-refractivity contribution in [3.63, 3.8) is 0 Å². The van der Waals surface area contributed by atoms with E-state index in [1.807, 2.05) is 40.7 Å². The van der Waals surface area contributed by atoms with Gasteiger partial charge in [0.25, 0.3) is 0 Å². The van der Waals surface area contributed by atoms with Crippen LogP contribution in [0.15, 0.2) is 60.2 Å². The minimum Gasteiger partial charge on any atom is -0.357 e. The molecule has 7 nitrogen and oxygen atoms in total. The number of imidazole rings is 1. The van der Waals surface area contributed by atoms with Crippen LogP contribution in [-0.4, -0.2) is 31.8 Å². The van der Waals surface area contributed by atoms with E-state index < -0.39 is 0 Å². The van der Waals surface area contributed by atoms with E-state index in [2.05, 4.69) is 39.8 Å². The SMILES string of the molecule is CCNC(=NCc1ccccc1-n1ccnc1)NCc1ccnn1C. The van der Waals surface area contributed by atoms with Crippen LogP contribution < -0.4 is 10.6 Å². The number of aliphatic imine (C=N–C) groups is 1. The van der Waals surface area contributed by atoms with Crippen molar-refractivity contribution in [2.75, 3.05) is 6.54 Å². The average molecular weight is 337 g/mol. The standard InChI is InChI=1S/C18H23N7/c1-3-20-18(22-13-16-8-9-23-24(16)2)21-12-15-6-4-5-7-17(15)25-11-10-19-14-25/h4-11,14H,3,12-13H2,1-2H3,(H2,20,21,22). The van der Waals surface area contributed by atoms with Crippen LogP contribution in [0.5, 0.6) is 0 Å². The number of hydrogen-bond acceptors (Lipinski definition) is 3. The highest BCUT2D eigenvalue weighted by Gasteiger charge is 2.05. The first-order chi connectivity index (χ1) is 12.3. The molecule has 0 fully saturated rings. The van der Waals surface area contributed by atoms with Gasteiger partial charge in [0, 0.05) is 32.2 Å². The normalized spacial score (nSPS) is 11.5. The molecule has 0 saturated carbocycles. The van der Waals surface area contributed by atoms with E-state index in [1.54, 1.807) is 18.7 Å². The molecule has 0 unspecified atom stereocenters. The Bertz CT molecular complexity index is 818. The summed E-state index contributed by atoms with van der Waals surface area (Å²) in [5, 5.41) is 10.8. The maximum absolute atomic E-state index is 4.71. The van der Waals surface area contributed by atoms with E-state index in [1.165, 1.54) is 0 Å². The van der Waals surface area contributed by atoms with Crippen molar-refractivity contribution < 1.29 is 0 Å². The number of benzene rings is 1. The third-order valence-corrected chi connectivity index (χ3v) is 3.89. The molecule has 0 radical (unpaired) electrons. The Kier molecular flexibility index (Phi) is 5.46. The largest absolute Gasteiger partial charge is 0.357 e. The minimum absolute atomic E-state index is 0.578. The highest BCUT2D eigenvalue weighted by atomic mass is 15.3. The number of para-hydroxylation sites is 1. The highest BCUT2D eigenvalue weighted by Crippen LogP contribution is 2.15. The number of guanidine groups is 1. The molecule has 2 N–H and O–H groups in total. The van der Waals surface area contributed by atoms with E-state index in [9.17, 15) is 0 Å². The Hall–Kier alpha value is -3.09. The third kappa shape index (κ3) is 4.26. The van der Waals surface area contributed by atoms with E-state index in [0.29, 0.717) is 13.1 Å². The summed E-state index contributed by atoms with van der Waals surface area (Å²) in [5.74, 6) is 0.782. The van der Waals surface area contributed by atoms with Gasteiger partial charge in [0.2, 0.25) is 0 Å². The van der Waals surface area contributed by atoms with Crippen molar-refractivity contribution >= 4 is 5.96 Å². The number of nitrogens with zero attached hydrogens (tertiary/aromatic N) is 5. The molecule has 0 aliphatic carbocycles. The topological polar surface area (TPSA) is 72.1 Å². The number of nitrogens with one attached hydrogen (secondary N) is 2. The average Bonchev–Trinajstić information content (AvgIpc) is 3.29. The monoisotopic (exact) mass is 337 g/mol. The van der Waals surface area contributed by atoms with Crippen LogP contribution in [0.3, 0.4) is 0 Å². The summed E-state index contributed by atoms with van der Waals surface area (Å²) in [4.78, 5) is 8.84. The molecule has 2 aromatic heterocycles. The minimum atomic E-state index is 0.578. The predicted molar refractivity (Wildman–Crippen MR) is 98.4 cm³/mol. The molecule has 130 valence electrons. The summed E-state index contributed by atoms with van der Waals surface area (Å²) in [6.45, 7) is 4.11.